The molecule has 0 saturated carbocycles. The van der Waals surface area contributed by atoms with Crippen molar-refractivity contribution in [3.63, 3.8) is 0 Å². The summed E-state index contributed by atoms with van der Waals surface area (Å²) >= 11 is 0. The molecule has 6 N–H and O–H groups in total. The number of unbranched alkanes of at least 4 members (excludes halogenated alkanes) is 22. The highest BCUT2D eigenvalue weighted by Gasteiger charge is 2.47. The summed E-state index contributed by atoms with van der Waals surface area (Å²) < 4.78 is 17.5. The molecule has 1 aliphatic rings. The Morgan fingerprint density at radius 1 is 0.563 bits per heavy atom. The van der Waals surface area contributed by atoms with Gasteiger partial charge in [0.2, 0.25) is 5.91 Å². The smallest absolute Gasteiger partial charge is 0.306 e. The van der Waals surface area contributed by atoms with E-state index in [-0.39, 0.29) is 19.4 Å². The van der Waals surface area contributed by atoms with Crippen LogP contribution < -0.4 is 5.32 Å². The summed E-state index contributed by atoms with van der Waals surface area (Å²) in [7, 11) is 0. The fraction of sp³-hybridized carbons (Fsp3) is 0.700. The van der Waals surface area contributed by atoms with Crippen LogP contribution in [0.1, 0.15) is 207 Å². The van der Waals surface area contributed by atoms with Crippen LogP contribution >= 0.6 is 0 Å². The quantitative estimate of drug-likeness (QED) is 0.0149. The lowest BCUT2D eigenvalue weighted by Gasteiger charge is -2.41. The summed E-state index contributed by atoms with van der Waals surface area (Å²) in [4.78, 5) is 26.4. The van der Waals surface area contributed by atoms with Gasteiger partial charge in [-0.25, -0.2) is 0 Å². The molecule has 1 heterocycles. The first-order valence-electron chi connectivity index (χ1n) is 28.1. The fourth-order valence-corrected chi connectivity index (χ4v) is 8.13. The van der Waals surface area contributed by atoms with Crippen molar-refractivity contribution in [3.8, 4) is 0 Å². The molecule has 0 spiro atoms. The molecule has 8 atom stereocenters. The van der Waals surface area contributed by atoms with Gasteiger partial charge >= 0.3 is 5.97 Å². The fourth-order valence-electron chi connectivity index (χ4n) is 8.13. The Morgan fingerprint density at radius 3 is 1.56 bits per heavy atom. The maximum atomic E-state index is 13.4. The minimum Gasteiger partial charge on any atom is -0.454 e. The highest BCUT2D eigenvalue weighted by atomic mass is 16.7. The highest BCUT2D eigenvalue weighted by Crippen LogP contribution is 2.26. The van der Waals surface area contributed by atoms with Gasteiger partial charge in [0.25, 0.3) is 0 Å². The van der Waals surface area contributed by atoms with Gasteiger partial charge in [-0.3, -0.25) is 9.59 Å². The van der Waals surface area contributed by atoms with E-state index in [1.807, 2.05) is 54.7 Å². The SMILES string of the molecule is CC/C=C/C=C/C=C\C=C/C=C/CCCCCC(=O)OC1C(OCC(NC(=O)C(O)CCCCCCC/C=C/C=C/CCCCC)C(O)/C=C/CCCCCCCCCCCCC)OC(CO)C(O)C1O. The maximum absolute atomic E-state index is 13.4. The standard InChI is InChI=1S/C60H101NO10/c1-4-7-10-13-16-19-22-25-27-30-33-36-39-42-45-48-55(65)71-58-57(67)56(66)54(49-62)70-60(58)69-50-51(52(63)46-43-40-37-34-31-28-24-21-18-15-12-9-6-3)61-59(68)53(64)47-44-41-38-35-32-29-26-23-20-17-14-11-8-5-2/h7,10,13,16-17,19-20,22-23,25-27,30,33,43,46,51-54,56-58,60,62-64,66-67H,4-6,8-9,11-12,14-15,18,21,24,28-29,31-32,34-42,44-45,47-50H2,1-3H3,(H,61,68)/b10-7+,16-13+,20-17+,22-19-,26-23+,27-25-,33-30+,46-43+. The molecule has 8 unspecified atom stereocenters. The average Bonchev–Trinajstić information content (AvgIpc) is 3.37. The third kappa shape index (κ3) is 36.2. The van der Waals surface area contributed by atoms with Gasteiger partial charge in [-0.05, 0) is 70.6 Å². The van der Waals surface area contributed by atoms with E-state index in [4.69, 9.17) is 14.2 Å². The number of amides is 1. The van der Waals surface area contributed by atoms with Gasteiger partial charge in [-0.15, -0.1) is 0 Å². The molecule has 1 rings (SSSR count). The van der Waals surface area contributed by atoms with E-state index in [2.05, 4.69) is 62.5 Å². The monoisotopic (exact) mass is 996 g/mol. The summed E-state index contributed by atoms with van der Waals surface area (Å²) in [5.41, 5.74) is 0. The molecule has 406 valence electrons. The second-order valence-corrected chi connectivity index (χ2v) is 19.1. The number of allylic oxidation sites excluding steroid dienone is 15. The molecule has 1 saturated heterocycles. The molecule has 71 heavy (non-hydrogen) atoms. The molecular weight excluding hydrogens is 895 g/mol. The number of rotatable bonds is 45. The van der Waals surface area contributed by atoms with Crippen molar-refractivity contribution in [2.45, 2.75) is 256 Å². The molecule has 11 nitrogen and oxygen atoms in total. The zero-order valence-electron chi connectivity index (χ0n) is 44.6. The number of hydrogen-bond acceptors (Lipinski definition) is 10. The van der Waals surface area contributed by atoms with Crippen LogP contribution in [0.5, 0.6) is 0 Å². The molecular formula is C60H101NO10. The molecule has 0 bridgehead atoms. The van der Waals surface area contributed by atoms with Crippen molar-refractivity contribution >= 4 is 11.9 Å². The van der Waals surface area contributed by atoms with Gasteiger partial charge in [0.05, 0.1) is 25.4 Å². The van der Waals surface area contributed by atoms with Crippen molar-refractivity contribution in [1.82, 2.24) is 5.32 Å². The second-order valence-electron chi connectivity index (χ2n) is 19.1. The minimum absolute atomic E-state index is 0.0680. The van der Waals surface area contributed by atoms with E-state index < -0.39 is 67.4 Å². The first-order chi connectivity index (χ1) is 34.7. The third-order valence-corrected chi connectivity index (χ3v) is 12.6. The molecule has 1 amide bonds. The molecule has 0 radical (unpaired) electrons. The number of nitrogens with one attached hydrogen (secondary N) is 1. The van der Waals surface area contributed by atoms with E-state index in [1.54, 1.807) is 6.08 Å². The topological polar surface area (TPSA) is 175 Å². The molecule has 0 aromatic carbocycles. The van der Waals surface area contributed by atoms with Crippen LogP contribution in [0.2, 0.25) is 0 Å². The van der Waals surface area contributed by atoms with Gasteiger partial charge in [0, 0.05) is 6.42 Å². The van der Waals surface area contributed by atoms with E-state index in [0.717, 1.165) is 89.9 Å². The highest BCUT2D eigenvalue weighted by molar-refractivity contribution is 5.80. The van der Waals surface area contributed by atoms with Crippen molar-refractivity contribution < 1.29 is 49.3 Å². The van der Waals surface area contributed by atoms with Crippen molar-refractivity contribution in [2.75, 3.05) is 13.2 Å². The van der Waals surface area contributed by atoms with Crippen LogP contribution in [-0.4, -0.2) is 99.6 Å². The summed E-state index contributed by atoms with van der Waals surface area (Å²) in [6.45, 7) is 5.55. The predicted molar refractivity (Wildman–Crippen MR) is 292 cm³/mol. The van der Waals surface area contributed by atoms with E-state index in [9.17, 15) is 35.1 Å². The van der Waals surface area contributed by atoms with Crippen LogP contribution in [0.25, 0.3) is 0 Å². The van der Waals surface area contributed by atoms with Crippen LogP contribution in [0, 0.1) is 0 Å². The van der Waals surface area contributed by atoms with Crippen LogP contribution in [0.15, 0.2) is 97.2 Å². The predicted octanol–water partition coefficient (Wildman–Crippen LogP) is 12.4. The Balaban J connectivity index is 2.80. The summed E-state index contributed by atoms with van der Waals surface area (Å²) in [6, 6.07) is -1.04. The first-order valence-corrected chi connectivity index (χ1v) is 28.1. The molecule has 11 heteroatoms. The van der Waals surface area contributed by atoms with E-state index in [1.165, 1.54) is 70.6 Å². The van der Waals surface area contributed by atoms with Crippen molar-refractivity contribution in [1.29, 1.82) is 0 Å². The van der Waals surface area contributed by atoms with Gasteiger partial charge in [-0.1, -0.05) is 227 Å². The average molecular weight is 996 g/mol. The molecule has 0 aliphatic carbocycles. The summed E-state index contributed by atoms with van der Waals surface area (Å²) in [5, 5.41) is 56.7. The van der Waals surface area contributed by atoms with E-state index in [0.29, 0.717) is 12.8 Å². The Labute approximate surface area is 431 Å². The largest absolute Gasteiger partial charge is 0.454 e. The second kappa shape index (κ2) is 47.6. The number of aliphatic hydroxyl groups excluding tert-OH is 5. The van der Waals surface area contributed by atoms with Gasteiger partial charge < -0.3 is 45.1 Å². The Bertz CT molecular complexity index is 1520. The normalized spacial score (nSPS) is 20.4. The Morgan fingerprint density at radius 2 is 1.01 bits per heavy atom. The van der Waals surface area contributed by atoms with Gasteiger partial charge in [0.1, 0.15) is 24.4 Å². The first kappa shape index (κ1) is 65.6. The van der Waals surface area contributed by atoms with Gasteiger partial charge in [0.15, 0.2) is 12.4 Å². The zero-order valence-corrected chi connectivity index (χ0v) is 44.6. The Hall–Kier alpha value is -3.42. The lowest BCUT2D eigenvalue weighted by molar-refractivity contribution is -0.305. The van der Waals surface area contributed by atoms with Crippen LogP contribution in [0.3, 0.4) is 0 Å². The lowest BCUT2D eigenvalue weighted by atomic mass is 9.99. The number of carbonyl (C=O) groups is 2. The number of ether oxygens (including phenoxy) is 3. The zero-order chi connectivity index (χ0) is 51.8. The van der Waals surface area contributed by atoms with Crippen molar-refractivity contribution in [3.05, 3.63) is 97.2 Å². The van der Waals surface area contributed by atoms with Gasteiger partial charge in [-0.2, -0.15) is 0 Å². The van der Waals surface area contributed by atoms with Crippen LogP contribution in [-0.2, 0) is 23.8 Å². The number of aliphatic hydroxyl groups is 5. The third-order valence-electron chi connectivity index (χ3n) is 12.6. The number of hydrogen-bond donors (Lipinski definition) is 6. The molecule has 0 aromatic heterocycles. The lowest BCUT2D eigenvalue weighted by Crippen LogP contribution is -2.61. The van der Waals surface area contributed by atoms with Crippen molar-refractivity contribution in [2.24, 2.45) is 0 Å². The Kier molecular flexibility index (Phi) is 44.0. The summed E-state index contributed by atoms with van der Waals surface area (Å²) in [6.07, 6.45) is 51.6. The molecule has 1 fully saturated rings. The maximum Gasteiger partial charge on any atom is 0.306 e. The number of carbonyl (C=O) groups excluding carboxylic acids is 2. The number of esters is 1. The molecule has 0 aromatic rings. The van der Waals surface area contributed by atoms with Crippen LogP contribution in [0.4, 0.5) is 0 Å². The summed E-state index contributed by atoms with van der Waals surface area (Å²) in [5.74, 6) is -1.26. The minimum atomic E-state index is -1.64. The molecule has 1 aliphatic heterocycles. The van der Waals surface area contributed by atoms with E-state index >= 15 is 0 Å².